The zero-order chi connectivity index (χ0) is 22.6. The van der Waals surface area contributed by atoms with Crippen molar-refractivity contribution in [3.63, 3.8) is 0 Å². The highest BCUT2D eigenvalue weighted by Gasteiger charge is 2.51. The highest BCUT2D eigenvalue weighted by atomic mass is 16.7. The van der Waals surface area contributed by atoms with Crippen LogP contribution in [-0.4, -0.2) is 50.6 Å². The van der Waals surface area contributed by atoms with E-state index in [4.69, 9.17) is 23.5 Å². The van der Waals surface area contributed by atoms with Gasteiger partial charge in [0.05, 0.1) is 29.4 Å². The highest BCUT2D eigenvalue weighted by Crippen LogP contribution is 2.36. The largest absolute Gasteiger partial charge is 0.497 e. The van der Waals surface area contributed by atoms with Crippen molar-refractivity contribution < 1.29 is 33.1 Å². The predicted molar refractivity (Wildman–Crippen MR) is 116 cm³/mol. The van der Waals surface area contributed by atoms with Crippen LogP contribution in [0.5, 0.6) is 5.75 Å². The van der Waals surface area contributed by atoms with Gasteiger partial charge in [0.15, 0.2) is 0 Å². The quantitative estimate of drug-likeness (QED) is 0.383. The molecule has 0 bridgehead atoms. The zero-order valence-corrected chi connectivity index (χ0v) is 18.5. The van der Waals surface area contributed by atoms with Crippen LogP contribution in [-0.2, 0) is 18.8 Å². The molecule has 0 radical (unpaired) electrons. The summed E-state index contributed by atoms with van der Waals surface area (Å²) in [4.78, 5) is 24.2. The van der Waals surface area contributed by atoms with Crippen LogP contribution in [0, 0.1) is 0 Å². The third-order valence-corrected chi connectivity index (χ3v) is 5.55. The summed E-state index contributed by atoms with van der Waals surface area (Å²) in [6, 6.07) is 13.4. The number of carbonyl (C=O) groups excluding carboxylic acids is 2. The summed E-state index contributed by atoms with van der Waals surface area (Å²) in [6.07, 6.45) is 0. The first-order chi connectivity index (χ1) is 14.6. The van der Waals surface area contributed by atoms with Gasteiger partial charge < -0.3 is 23.5 Å². The molecule has 2 aromatic carbocycles. The Morgan fingerprint density at radius 2 is 1.19 bits per heavy atom. The van der Waals surface area contributed by atoms with Crippen LogP contribution in [0.1, 0.15) is 48.4 Å². The number of benzene rings is 2. The van der Waals surface area contributed by atoms with Crippen LogP contribution < -0.4 is 10.2 Å². The van der Waals surface area contributed by atoms with E-state index in [1.807, 2.05) is 27.7 Å². The molecule has 3 rings (SSSR count). The van der Waals surface area contributed by atoms with Crippen molar-refractivity contribution in [3.05, 3.63) is 59.7 Å². The summed E-state index contributed by atoms with van der Waals surface area (Å²) in [5.41, 5.74) is 0.743. The summed E-state index contributed by atoms with van der Waals surface area (Å²) in [7, 11) is 1.06. The molecule has 1 aliphatic heterocycles. The van der Waals surface area contributed by atoms with E-state index in [9.17, 15) is 9.59 Å². The van der Waals surface area contributed by atoms with Crippen LogP contribution in [0.4, 0.5) is 0 Å². The molecule has 1 heterocycles. The van der Waals surface area contributed by atoms with E-state index < -0.39 is 30.3 Å². The molecule has 1 aliphatic rings. The second kappa shape index (κ2) is 9.12. The number of esters is 2. The van der Waals surface area contributed by atoms with E-state index in [0.29, 0.717) is 16.9 Å². The highest BCUT2D eigenvalue weighted by molar-refractivity contribution is 6.62. The third-order valence-electron chi connectivity index (χ3n) is 5.55. The Kier molecular flexibility index (Phi) is 6.72. The predicted octanol–water partition coefficient (Wildman–Crippen LogP) is 3.01. The van der Waals surface area contributed by atoms with Crippen molar-refractivity contribution in [2.24, 2.45) is 0 Å². The first-order valence-electron chi connectivity index (χ1n) is 10.1. The van der Waals surface area contributed by atoms with Crippen molar-refractivity contribution >= 4 is 24.5 Å². The van der Waals surface area contributed by atoms with Crippen LogP contribution in [0.3, 0.4) is 0 Å². The van der Waals surface area contributed by atoms with Gasteiger partial charge in [-0.1, -0.05) is 12.1 Å². The van der Waals surface area contributed by atoms with Gasteiger partial charge in [0.25, 0.3) is 0 Å². The molecule has 0 spiro atoms. The maximum absolute atomic E-state index is 12.2. The third kappa shape index (κ3) is 5.26. The van der Waals surface area contributed by atoms with Gasteiger partial charge >= 0.3 is 19.1 Å². The number of hydrogen-bond donors (Lipinski definition) is 0. The van der Waals surface area contributed by atoms with E-state index in [2.05, 4.69) is 0 Å². The summed E-state index contributed by atoms with van der Waals surface area (Å²) in [6.45, 7) is 7.86. The molecule has 0 saturated carbocycles. The molecule has 0 atom stereocenters. The molecule has 0 aliphatic carbocycles. The van der Waals surface area contributed by atoms with Crippen LogP contribution in [0.15, 0.2) is 48.5 Å². The van der Waals surface area contributed by atoms with Crippen molar-refractivity contribution in [2.45, 2.75) is 38.9 Å². The molecule has 31 heavy (non-hydrogen) atoms. The fourth-order valence-corrected chi connectivity index (χ4v) is 2.92. The lowest BCUT2D eigenvalue weighted by molar-refractivity contribution is 0.00578. The van der Waals surface area contributed by atoms with E-state index in [1.54, 1.807) is 55.6 Å². The van der Waals surface area contributed by atoms with Crippen molar-refractivity contribution in [2.75, 3.05) is 20.3 Å². The molecule has 0 unspecified atom stereocenters. The van der Waals surface area contributed by atoms with Gasteiger partial charge in [0.2, 0.25) is 0 Å². The summed E-state index contributed by atoms with van der Waals surface area (Å²) in [5.74, 6) is -0.346. The van der Waals surface area contributed by atoms with Gasteiger partial charge in [-0.05, 0) is 69.6 Å². The molecule has 1 fully saturated rings. The molecule has 164 valence electrons. The molecular weight excluding hydrogens is 399 g/mol. The Bertz CT molecular complexity index is 904. The number of rotatable bonds is 7. The molecule has 0 aromatic heterocycles. The lowest BCUT2D eigenvalue weighted by atomic mass is 9.79. The normalized spacial score (nSPS) is 16.6. The van der Waals surface area contributed by atoms with Crippen LogP contribution >= 0.6 is 0 Å². The van der Waals surface area contributed by atoms with Gasteiger partial charge in [-0.3, -0.25) is 0 Å². The number of methoxy groups -OCH3 is 1. The standard InChI is InChI=1S/C23H27BO7/c1-22(2)23(3,4)31-24(30-22)18-10-6-16(7-11-18)20(25)28-14-15-29-21(26)17-8-12-19(27-5)13-9-17/h6-13H,14-15H2,1-5H3. The van der Waals surface area contributed by atoms with Crippen molar-refractivity contribution in [3.8, 4) is 5.75 Å². The zero-order valence-electron chi connectivity index (χ0n) is 18.5. The first kappa shape index (κ1) is 22.8. The first-order valence-corrected chi connectivity index (χ1v) is 10.1. The molecule has 7 nitrogen and oxygen atoms in total. The number of hydrogen-bond acceptors (Lipinski definition) is 7. The maximum atomic E-state index is 12.2. The minimum atomic E-state index is -0.499. The summed E-state index contributed by atoms with van der Waals surface area (Å²) >= 11 is 0. The van der Waals surface area contributed by atoms with Crippen molar-refractivity contribution in [1.29, 1.82) is 0 Å². The summed E-state index contributed by atoms with van der Waals surface area (Å²) < 4.78 is 27.4. The SMILES string of the molecule is COc1ccc(C(=O)OCCOC(=O)c2ccc(B3OC(C)(C)C(C)(C)O3)cc2)cc1. The lowest BCUT2D eigenvalue weighted by Crippen LogP contribution is -2.41. The molecule has 8 heteroatoms. The Morgan fingerprint density at radius 1 is 0.774 bits per heavy atom. The smallest absolute Gasteiger partial charge is 0.494 e. The van der Waals surface area contributed by atoms with E-state index in [0.717, 1.165) is 5.46 Å². The second-order valence-electron chi connectivity index (χ2n) is 8.21. The molecule has 0 N–H and O–H groups in total. The molecule has 1 saturated heterocycles. The Morgan fingerprint density at radius 3 is 1.61 bits per heavy atom. The molecule has 0 amide bonds. The topological polar surface area (TPSA) is 80.3 Å². The minimum absolute atomic E-state index is 0.0391. The fourth-order valence-electron chi connectivity index (χ4n) is 2.92. The Labute approximate surface area is 182 Å². The van der Waals surface area contributed by atoms with Gasteiger partial charge in [0, 0.05) is 0 Å². The Hall–Kier alpha value is -2.84. The summed E-state index contributed by atoms with van der Waals surface area (Å²) in [5, 5.41) is 0. The monoisotopic (exact) mass is 426 g/mol. The second-order valence-corrected chi connectivity index (χ2v) is 8.21. The average Bonchev–Trinajstić information content (AvgIpc) is 2.98. The van der Waals surface area contributed by atoms with E-state index >= 15 is 0 Å². The lowest BCUT2D eigenvalue weighted by Gasteiger charge is -2.32. The van der Waals surface area contributed by atoms with Gasteiger partial charge in [-0.15, -0.1) is 0 Å². The van der Waals surface area contributed by atoms with Crippen molar-refractivity contribution in [1.82, 2.24) is 0 Å². The minimum Gasteiger partial charge on any atom is -0.497 e. The maximum Gasteiger partial charge on any atom is 0.494 e. The van der Waals surface area contributed by atoms with Crippen LogP contribution in [0.2, 0.25) is 0 Å². The molecule has 2 aromatic rings. The Balaban J connectivity index is 1.46. The van der Waals surface area contributed by atoms with Gasteiger partial charge in [-0.25, -0.2) is 9.59 Å². The van der Waals surface area contributed by atoms with E-state index in [-0.39, 0.29) is 13.2 Å². The number of carbonyl (C=O) groups is 2. The van der Waals surface area contributed by atoms with Crippen LogP contribution in [0.25, 0.3) is 0 Å². The fraction of sp³-hybridized carbons (Fsp3) is 0.391. The van der Waals surface area contributed by atoms with Gasteiger partial charge in [0.1, 0.15) is 19.0 Å². The number of ether oxygens (including phenoxy) is 3. The molecular formula is C23H27BO7. The van der Waals surface area contributed by atoms with E-state index in [1.165, 1.54) is 0 Å². The average molecular weight is 426 g/mol. The van der Waals surface area contributed by atoms with Gasteiger partial charge in [-0.2, -0.15) is 0 Å².